The maximum atomic E-state index is 13.5. The normalized spacial score (nSPS) is 12.6. The molecule has 0 saturated heterocycles. The van der Waals surface area contributed by atoms with Crippen molar-refractivity contribution in [3.8, 4) is 22.8 Å². The number of aromatic nitrogens is 2. The number of hydrogen-bond acceptors (Lipinski definition) is 5. The molecule has 8 nitrogen and oxygen atoms in total. The molecule has 2 amide bonds. The molecule has 0 aliphatic heterocycles. The molecule has 4 aromatic rings. The van der Waals surface area contributed by atoms with E-state index in [1.807, 2.05) is 36.4 Å². The van der Waals surface area contributed by atoms with Gasteiger partial charge in [0, 0.05) is 29.1 Å². The molecule has 5 rings (SSSR count). The summed E-state index contributed by atoms with van der Waals surface area (Å²) in [6, 6.07) is 22.5. The number of methoxy groups -OCH3 is 2. The molecule has 0 bridgehead atoms. The quantitative estimate of drug-likeness (QED) is 0.348. The summed E-state index contributed by atoms with van der Waals surface area (Å²) in [5, 5.41) is 10.7. The number of anilines is 1. The molecule has 1 heterocycles. The minimum absolute atomic E-state index is 0.139. The standard InChI is InChI=1S/C29H28N4O4/c1-36-25-14-11-20(16-26(25)37-2)27-24(18-33(32-27)17-19-7-4-3-5-8-19)29(35)31-23-10-6-9-21(15-23)28(34)30-22-12-13-22/h3-11,14-16,18,22H,12-13,17H2,1-2H3,(H,30,34)(H,31,35). The topological polar surface area (TPSA) is 94.5 Å². The molecule has 2 N–H and O–H groups in total. The lowest BCUT2D eigenvalue weighted by molar-refractivity contribution is 0.0949. The van der Waals surface area contributed by atoms with Crippen LogP contribution < -0.4 is 20.1 Å². The van der Waals surface area contributed by atoms with Gasteiger partial charge in [-0.05, 0) is 54.8 Å². The maximum absolute atomic E-state index is 13.5. The fourth-order valence-electron chi connectivity index (χ4n) is 4.07. The van der Waals surface area contributed by atoms with Crippen LogP contribution in [0.25, 0.3) is 11.3 Å². The van der Waals surface area contributed by atoms with Gasteiger partial charge in [0.2, 0.25) is 0 Å². The van der Waals surface area contributed by atoms with E-state index in [0.29, 0.717) is 46.1 Å². The van der Waals surface area contributed by atoms with E-state index in [-0.39, 0.29) is 17.9 Å². The van der Waals surface area contributed by atoms with Crippen LogP contribution in [0.1, 0.15) is 39.1 Å². The summed E-state index contributed by atoms with van der Waals surface area (Å²) in [4.78, 5) is 26.0. The molecule has 1 aliphatic carbocycles. The van der Waals surface area contributed by atoms with Crippen LogP contribution in [0.15, 0.2) is 79.0 Å². The minimum atomic E-state index is -0.330. The zero-order valence-corrected chi connectivity index (χ0v) is 20.7. The third-order valence-corrected chi connectivity index (χ3v) is 6.15. The van der Waals surface area contributed by atoms with Crippen LogP contribution in [0.2, 0.25) is 0 Å². The smallest absolute Gasteiger partial charge is 0.259 e. The molecule has 0 atom stereocenters. The molecule has 1 fully saturated rings. The van der Waals surface area contributed by atoms with Crippen LogP contribution in [-0.4, -0.2) is 41.9 Å². The van der Waals surface area contributed by atoms with Crippen molar-refractivity contribution < 1.29 is 19.1 Å². The highest BCUT2D eigenvalue weighted by atomic mass is 16.5. The van der Waals surface area contributed by atoms with Gasteiger partial charge in [-0.15, -0.1) is 0 Å². The first-order chi connectivity index (χ1) is 18.0. The predicted molar refractivity (Wildman–Crippen MR) is 141 cm³/mol. The van der Waals surface area contributed by atoms with Crippen LogP contribution in [0.4, 0.5) is 5.69 Å². The van der Waals surface area contributed by atoms with Crippen LogP contribution in [-0.2, 0) is 6.54 Å². The second kappa shape index (κ2) is 10.6. The van der Waals surface area contributed by atoms with E-state index in [9.17, 15) is 9.59 Å². The summed E-state index contributed by atoms with van der Waals surface area (Å²) in [5.41, 5.74) is 3.72. The Hall–Kier alpha value is -4.59. The summed E-state index contributed by atoms with van der Waals surface area (Å²) in [6.07, 6.45) is 3.75. The van der Waals surface area contributed by atoms with Gasteiger partial charge in [0.1, 0.15) is 5.69 Å². The van der Waals surface area contributed by atoms with Crippen molar-refractivity contribution in [3.05, 3.63) is 95.7 Å². The fourth-order valence-corrected chi connectivity index (χ4v) is 4.07. The van der Waals surface area contributed by atoms with Gasteiger partial charge < -0.3 is 20.1 Å². The summed E-state index contributed by atoms with van der Waals surface area (Å²) < 4.78 is 12.6. The second-order valence-corrected chi connectivity index (χ2v) is 8.93. The Labute approximate surface area is 215 Å². The Bertz CT molecular complexity index is 1430. The van der Waals surface area contributed by atoms with Gasteiger partial charge in [-0.2, -0.15) is 5.10 Å². The largest absolute Gasteiger partial charge is 0.493 e. The Morgan fingerprint density at radius 1 is 0.919 bits per heavy atom. The first kappa shape index (κ1) is 24.1. The number of benzene rings is 3. The van der Waals surface area contributed by atoms with E-state index in [1.165, 1.54) is 0 Å². The molecular weight excluding hydrogens is 468 g/mol. The van der Waals surface area contributed by atoms with Gasteiger partial charge in [-0.25, -0.2) is 0 Å². The zero-order chi connectivity index (χ0) is 25.8. The number of hydrogen-bond donors (Lipinski definition) is 2. The molecule has 3 aromatic carbocycles. The highest BCUT2D eigenvalue weighted by Crippen LogP contribution is 2.33. The van der Waals surface area contributed by atoms with Gasteiger partial charge in [0.05, 0.1) is 26.3 Å². The molecule has 0 unspecified atom stereocenters. The van der Waals surface area contributed by atoms with E-state index in [4.69, 9.17) is 14.6 Å². The number of nitrogens with one attached hydrogen (secondary N) is 2. The van der Waals surface area contributed by atoms with Crippen LogP contribution in [0, 0.1) is 0 Å². The van der Waals surface area contributed by atoms with E-state index in [2.05, 4.69) is 10.6 Å². The molecule has 1 aromatic heterocycles. The Kier molecular flexibility index (Phi) is 6.89. The van der Waals surface area contributed by atoms with Crippen molar-refractivity contribution in [2.24, 2.45) is 0 Å². The lowest BCUT2D eigenvalue weighted by Crippen LogP contribution is -2.25. The van der Waals surface area contributed by atoms with Gasteiger partial charge in [0.15, 0.2) is 11.5 Å². The maximum Gasteiger partial charge on any atom is 0.259 e. The Morgan fingerprint density at radius 2 is 1.70 bits per heavy atom. The Morgan fingerprint density at radius 3 is 2.43 bits per heavy atom. The lowest BCUT2D eigenvalue weighted by Gasteiger charge is -2.10. The van der Waals surface area contributed by atoms with E-state index < -0.39 is 0 Å². The SMILES string of the molecule is COc1ccc(-c2nn(Cc3ccccc3)cc2C(=O)Nc2cccc(C(=O)NC3CC3)c2)cc1OC. The molecule has 8 heteroatoms. The van der Waals surface area contributed by atoms with Crippen molar-refractivity contribution in [2.45, 2.75) is 25.4 Å². The van der Waals surface area contributed by atoms with Gasteiger partial charge in [-0.1, -0.05) is 36.4 Å². The number of rotatable bonds is 9. The van der Waals surface area contributed by atoms with Gasteiger partial charge in [0.25, 0.3) is 11.8 Å². The third kappa shape index (κ3) is 5.64. The first-order valence-corrected chi connectivity index (χ1v) is 12.1. The summed E-state index contributed by atoms with van der Waals surface area (Å²) in [5.74, 6) is 0.657. The monoisotopic (exact) mass is 496 g/mol. The number of carbonyl (C=O) groups excluding carboxylic acids is 2. The lowest BCUT2D eigenvalue weighted by atomic mass is 10.1. The number of nitrogens with zero attached hydrogens (tertiary/aromatic N) is 2. The minimum Gasteiger partial charge on any atom is -0.493 e. The van der Waals surface area contributed by atoms with E-state index in [0.717, 1.165) is 18.4 Å². The van der Waals surface area contributed by atoms with Crippen LogP contribution in [0.5, 0.6) is 11.5 Å². The summed E-state index contributed by atoms with van der Waals surface area (Å²) in [7, 11) is 3.14. The Balaban J connectivity index is 1.46. The van der Waals surface area contributed by atoms with Crippen molar-refractivity contribution in [3.63, 3.8) is 0 Å². The number of ether oxygens (including phenoxy) is 2. The molecule has 1 saturated carbocycles. The molecule has 37 heavy (non-hydrogen) atoms. The second-order valence-electron chi connectivity index (χ2n) is 8.93. The van der Waals surface area contributed by atoms with Gasteiger partial charge >= 0.3 is 0 Å². The van der Waals surface area contributed by atoms with Gasteiger partial charge in [-0.3, -0.25) is 14.3 Å². The summed E-state index contributed by atoms with van der Waals surface area (Å²) in [6.45, 7) is 0.505. The van der Waals surface area contributed by atoms with Crippen LogP contribution >= 0.6 is 0 Å². The third-order valence-electron chi connectivity index (χ3n) is 6.15. The van der Waals surface area contributed by atoms with E-state index in [1.54, 1.807) is 61.5 Å². The first-order valence-electron chi connectivity index (χ1n) is 12.1. The van der Waals surface area contributed by atoms with Crippen molar-refractivity contribution in [1.29, 1.82) is 0 Å². The molecule has 0 radical (unpaired) electrons. The van der Waals surface area contributed by atoms with Crippen molar-refractivity contribution in [1.82, 2.24) is 15.1 Å². The molecule has 188 valence electrons. The fraction of sp³-hybridized carbons (Fsp3) is 0.207. The van der Waals surface area contributed by atoms with Crippen molar-refractivity contribution >= 4 is 17.5 Å². The zero-order valence-electron chi connectivity index (χ0n) is 20.7. The number of amides is 2. The summed E-state index contributed by atoms with van der Waals surface area (Å²) >= 11 is 0. The average Bonchev–Trinajstić information content (AvgIpc) is 3.64. The molecule has 0 spiro atoms. The highest BCUT2D eigenvalue weighted by Gasteiger charge is 2.24. The molecule has 1 aliphatic rings. The molecular formula is C29H28N4O4. The predicted octanol–water partition coefficient (Wildman–Crippen LogP) is 4.76. The number of carbonyl (C=O) groups is 2. The highest BCUT2D eigenvalue weighted by molar-refractivity contribution is 6.08. The average molecular weight is 497 g/mol. The van der Waals surface area contributed by atoms with Crippen LogP contribution in [0.3, 0.4) is 0 Å². The van der Waals surface area contributed by atoms with E-state index >= 15 is 0 Å². The van der Waals surface area contributed by atoms with Crippen molar-refractivity contribution in [2.75, 3.05) is 19.5 Å².